The Morgan fingerprint density at radius 1 is 1.39 bits per heavy atom. The average molecular weight is 339 g/mol. The average Bonchev–Trinajstić information content (AvgIpc) is 3.01. The monoisotopic (exact) mass is 338 g/mol. The Labute approximate surface area is 142 Å². The van der Waals surface area contributed by atoms with Crippen LogP contribution in [0.5, 0.6) is 0 Å². The topological polar surface area (TPSA) is 71.3 Å². The zero-order valence-corrected chi connectivity index (χ0v) is 14.7. The summed E-state index contributed by atoms with van der Waals surface area (Å²) in [5, 5.41) is 7.16. The van der Waals surface area contributed by atoms with Crippen LogP contribution in [0, 0.1) is 0 Å². The molecule has 1 unspecified atom stereocenters. The van der Waals surface area contributed by atoms with Crippen LogP contribution >= 0.6 is 12.4 Å². The van der Waals surface area contributed by atoms with E-state index in [1.807, 2.05) is 38.2 Å². The number of nitrogens with one attached hydrogen (secondary N) is 1. The molecule has 0 radical (unpaired) electrons. The van der Waals surface area contributed by atoms with Gasteiger partial charge in [0.1, 0.15) is 0 Å². The van der Waals surface area contributed by atoms with Gasteiger partial charge in [-0.05, 0) is 26.1 Å². The van der Waals surface area contributed by atoms with E-state index in [2.05, 4.69) is 22.4 Å². The number of para-hydroxylation sites is 1. The van der Waals surface area contributed by atoms with Crippen LogP contribution < -0.4 is 10.2 Å². The second-order valence-corrected chi connectivity index (χ2v) is 5.23. The molecular formula is C16H23ClN4O2. The zero-order chi connectivity index (χ0) is 16.1. The Morgan fingerprint density at radius 3 is 2.74 bits per heavy atom. The Kier molecular flexibility index (Phi) is 7.19. The first kappa shape index (κ1) is 19.1. The van der Waals surface area contributed by atoms with Gasteiger partial charge in [0.2, 0.25) is 5.91 Å². The zero-order valence-electron chi connectivity index (χ0n) is 13.9. The number of rotatable bonds is 6. The molecule has 0 aliphatic heterocycles. The van der Waals surface area contributed by atoms with Gasteiger partial charge in [-0.15, -0.1) is 12.4 Å². The van der Waals surface area contributed by atoms with Crippen LogP contribution in [0.1, 0.15) is 26.1 Å². The lowest BCUT2D eigenvalue weighted by Crippen LogP contribution is -2.25. The lowest BCUT2D eigenvalue weighted by atomic mass is 10.1. The van der Waals surface area contributed by atoms with Gasteiger partial charge in [-0.2, -0.15) is 4.98 Å². The van der Waals surface area contributed by atoms with E-state index < -0.39 is 0 Å². The van der Waals surface area contributed by atoms with Gasteiger partial charge >= 0.3 is 0 Å². The van der Waals surface area contributed by atoms with E-state index >= 15 is 0 Å². The summed E-state index contributed by atoms with van der Waals surface area (Å²) in [5.74, 6) is 1.12. The number of benzene rings is 1. The summed E-state index contributed by atoms with van der Waals surface area (Å²) in [4.78, 5) is 18.0. The van der Waals surface area contributed by atoms with Gasteiger partial charge in [-0.3, -0.25) is 4.79 Å². The number of likely N-dealkylation sites (N-methyl/N-ethyl adjacent to an activating group) is 1. The second-order valence-electron chi connectivity index (χ2n) is 5.23. The van der Waals surface area contributed by atoms with E-state index in [-0.39, 0.29) is 24.4 Å². The van der Waals surface area contributed by atoms with Crippen LogP contribution in [0.4, 0.5) is 5.69 Å². The fourth-order valence-electron chi connectivity index (χ4n) is 2.14. The highest BCUT2D eigenvalue weighted by Gasteiger charge is 2.18. The molecule has 1 aromatic heterocycles. The number of hydrogen-bond donors (Lipinski definition) is 1. The number of anilines is 1. The molecule has 1 heterocycles. The number of aromatic nitrogens is 2. The highest BCUT2D eigenvalue weighted by atomic mass is 35.5. The predicted octanol–water partition coefficient (Wildman–Crippen LogP) is 2.68. The number of halogens is 1. The van der Waals surface area contributed by atoms with Crippen LogP contribution in [0.15, 0.2) is 28.8 Å². The maximum Gasteiger partial charge on any atom is 0.260 e. The smallest absolute Gasteiger partial charge is 0.260 e. The molecular weight excluding hydrogens is 316 g/mol. The van der Waals surface area contributed by atoms with Gasteiger partial charge in [-0.1, -0.05) is 24.2 Å². The molecule has 1 atom stereocenters. The Morgan fingerprint density at radius 2 is 2.09 bits per heavy atom. The Balaban J connectivity index is 0.00000264. The van der Waals surface area contributed by atoms with Crippen LogP contribution in [0.25, 0.3) is 11.5 Å². The number of carbonyl (C=O) groups excluding carboxylic acids is 1. The predicted molar refractivity (Wildman–Crippen MR) is 92.9 cm³/mol. The minimum Gasteiger partial charge on any atom is -0.334 e. The van der Waals surface area contributed by atoms with Crippen molar-refractivity contribution >= 4 is 24.0 Å². The molecule has 0 spiro atoms. The van der Waals surface area contributed by atoms with Crippen molar-refractivity contribution in [1.29, 1.82) is 0 Å². The molecule has 6 nitrogen and oxygen atoms in total. The van der Waals surface area contributed by atoms with Crippen molar-refractivity contribution in [2.24, 2.45) is 0 Å². The van der Waals surface area contributed by atoms with Crippen LogP contribution in [-0.2, 0) is 11.2 Å². The van der Waals surface area contributed by atoms with Crippen molar-refractivity contribution < 1.29 is 9.32 Å². The van der Waals surface area contributed by atoms with Crippen molar-refractivity contribution in [1.82, 2.24) is 15.5 Å². The third-order valence-corrected chi connectivity index (χ3v) is 3.62. The summed E-state index contributed by atoms with van der Waals surface area (Å²) in [6, 6.07) is 7.81. The summed E-state index contributed by atoms with van der Waals surface area (Å²) < 4.78 is 5.37. The quantitative estimate of drug-likeness (QED) is 0.876. The number of amides is 1. The summed E-state index contributed by atoms with van der Waals surface area (Å²) in [6.45, 7) is 3.89. The van der Waals surface area contributed by atoms with Crippen molar-refractivity contribution in [3.63, 3.8) is 0 Å². The molecule has 1 amide bonds. The molecule has 7 heteroatoms. The van der Waals surface area contributed by atoms with Crippen LogP contribution in [0.3, 0.4) is 0 Å². The minimum atomic E-state index is 0. The van der Waals surface area contributed by atoms with E-state index in [1.54, 1.807) is 11.9 Å². The molecule has 0 saturated carbocycles. The standard InChI is InChI=1S/C16H22N4O2.ClH/c1-5-15(21)20(4)13-9-7-6-8-12(13)16-18-14(19-22-16)10-11(2)17-3;/h6-9,11,17H,5,10H2,1-4H3;1H. The van der Waals surface area contributed by atoms with E-state index in [9.17, 15) is 4.79 Å². The van der Waals surface area contributed by atoms with Crippen molar-refractivity contribution in [2.75, 3.05) is 19.0 Å². The lowest BCUT2D eigenvalue weighted by molar-refractivity contribution is -0.118. The lowest BCUT2D eigenvalue weighted by Gasteiger charge is -2.18. The summed E-state index contributed by atoms with van der Waals surface area (Å²) in [6.07, 6.45) is 1.13. The molecule has 1 N–H and O–H groups in total. The molecule has 2 aromatic rings. The molecule has 2 rings (SSSR count). The third kappa shape index (κ3) is 4.53. The molecule has 23 heavy (non-hydrogen) atoms. The van der Waals surface area contributed by atoms with Crippen LogP contribution in [0.2, 0.25) is 0 Å². The van der Waals surface area contributed by atoms with Crippen molar-refractivity contribution in [3.05, 3.63) is 30.1 Å². The van der Waals surface area contributed by atoms with E-state index in [0.29, 0.717) is 24.6 Å². The molecule has 0 aliphatic carbocycles. The van der Waals surface area contributed by atoms with Gasteiger partial charge in [0.15, 0.2) is 5.82 Å². The summed E-state index contributed by atoms with van der Waals surface area (Å²) in [5.41, 5.74) is 1.54. The molecule has 0 bridgehead atoms. The summed E-state index contributed by atoms with van der Waals surface area (Å²) in [7, 11) is 3.65. The van der Waals surface area contributed by atoms with Gasteiger partial charge in [-0.25, -0.2) is 0 Å². The van der Waals surface area contributed by atoms with Gasteiger partial charge in [0, 0.05) is 25.9 Å². The molecule has 1 aromatic carbocycles. The molecule has 0 saturated heterocycles. The molecule has 0 fully saturated rings. The first-order chi connectivity index (χ1) is 10.6. The third-order valence-electron chi connectivity index (χ3n) is 3.62. The normalized spacial score (nSPS) is 11.7. The Bertz CT molecular complexity index is 645. The minimum absolute atomic E-state index is 0. The first-order valence-electron chi connectivity index (χ1n) is 7.42. The van der Waals surface area contributed by atoms with Crippen molar-refractivity contribution in [2.45, 2.75) is 32.7 Å². The van der Waals surface area contributed by atoms with Gasteiger partial charge < -0.3 is 14.7 Å². The van der Waals surface area contributed by atoms with E-state index in [1.165, 1.54) is 0 Å². The second kappa shape index (κ2) is 8.64. The number of hydrogen-bond acceptors (Lipinski definition) is 5. The maximum atomic E-state index is 11.9. The van der Waals surface area contributed by atoms with E-state index in [4.69, 9.17) is 4.52 Å². The highest BCUT2D eigenvalue weighted by molar-refractivity contribution is 5.96. The van der Waals surface area contributed by atoms with Crippen molar-refractivity contribution in [3.8, 4) is 11.5 Å². The highest BCUT2D eigenvalue weighted by Crippen LogP contribution is 2.29. The Hall–Kier alpha value is -1.92. The number of carbonyl (C=O) groups is 1. The largest absolute Gasteiger partial charge is 0.334 e. The van der Waals surface area contributed by atoms with Gasteiger partial charge in [0.05, 0.1) is 11.3 Å². The van der Waals surface area contributed by atoms with E-state index in [0.717, 1.165) is 11.3 Å². The number of nitrogens with zero attached hydrogens (tertiary/aromatic N) is 3. The summed E-state index contributed by atoms with van der Waals surface area (Å²) >= 11 is 0. The SMILES string of the molecule is CCC(=O)N(C)c1ccccc1-c1nc(CC(C)NC)no1.Cl. The fraction of sp³-hybridized carbons (Fsp3) is 0.438. The first-order valence-corrected chi connectivity index (χ1v) is 7.42. The molecule has 126 valence electrons. The van der Waals surface area contributed by atoms with Gasteiger partial charge in [0.25, 0.3) is 5.89 Å². The fourth-order valence-corrected chi connectivity index (χ4v) is 2.14. The molecule has 0 aliphatic rings. The maximum absolute atomic E-state index is 11.9. The van der Waals surface area contributed by atoms with Crippen LogP contribution in [-0.4, -0.2) is 36.2 Å².